The van der Waals surface area contributed by atoms with Crippen LogP contribution in [0.3, 0.4) is 0 Å². The summed E-state index contributed by atoms with van der Waals surface area (Å²) in [4.78, 5) is 24.6. The Labute approximate surface area is 138 Å². The van der Waals surface area contributed by atoms with Gasteiger partial charge >= 0.3 is 0 Å². The molecule has 0 bridgehead atoms. The van der Waals surface area contributed by atoms with E-state index >= 15 is 0 Å². The van der Waals surface area contributed by atoms with Crippen LogP contribution in [0.4, 0.5) is 5.69 Å². The van der Waals surface area contributed by atoms with Crippen LogP contribution in [0.15, 0.2) is 40.9 Å². The zero-order valence-electron chi connectivity index (χ0n) is 13.2. The van der Waals surface area contributed by atoms with Crippen LogP contribution in [0.5, 0.6) is 0 Å². The molecule has 0 saturated carbocycles. The average Bonchev–Trinajstić information content (AvgIpc) is 3.21. The van der Waals surface area contributed by atoms with Crippen LogP contribution in [0.1, 0.15) is 35.9 Å². The molecule has 124 valence electrons. The van der Waals surface area contributed by atoms with Gasteiger partial charge < -0.3 is 9.42 Å². The first-order valence-electron chi connectivity index (χ1n) is 7.71. The summed E-state index contributed by atoms with van der Waals surface area (Å²) in [6.45, 7) is 2.48. The lowest BCUT2D eigenvalue weighted by Gasteiger charge is -2.21. The maximum atomic E-state index is 12.5. The van der Waals surface area contributed by atoms with E-state index in [-0.39, 0.29) is 17.6 Å². The second-order valence-corrected chi connectivity index (χ2v) is 5.74. The first kappa shape index (κ1) is 15.9. The second-order valence-electron chi connectivity index (χ2n) is 5.74. The highest BCUT2D eigenvalue weighted by molar-refractivity contribution is 5.92. The molecule has 1 aliphatic heterocycles. The molecule has 2 heterocycles. The monoisotopic (exact) mass is 327 g/mol. The summed E-state index contributed by atoms with van der Waals surface area (Å²) in [7, 11) is 0. The third kappa shape index (κ3) is 3.34. The first-order chi connectivity index (χ1) is 11.5. The van der Waals surface area contributed by atoms with Gasteiger partial charge in [-0.1, -0.05) is 17.3 Å². The molecule has 1 fully saturated rings. The van der Waals surface area contributed by atoms with E-state index in [2.05, 4.69) is 5.16 Å². The Bertz CT molecular complexity index is 797. The maximum absolute atomic E-state index is 12.5. The summed E-state index contributed by atoms with van der Waals surface area (Å²) >= 11 is 0. The van der Waals surface area contributed by atoms with Gasteiger partial charge in [0, 0.05) is 30.8 Å². The molecule has 7 nitrogen and oxygen atoms in total. The highest BCUT2D eigenvalue weighted by Gasteiger charge is 2.30. The number of carbonyl (C=O) groups excluding carboxylic acids is 1. The molecule has 0 spiro atoms. The molecular weight excluding hydrogens is 310 g/mol. The number of nitro groups is 1. The van der Waals surface area contributed by atoms with Crippen molar-refractivity contribution in [1.82, 2.24) is 10.1 Å². The highest BCUT2D eigenvalue weighted by Crippen LogP contribution is 2.31. The van der Waals surface area contributed by atoms with Crippen molar-refractivity contribution < 1.29 is 14.2 Å². The van der Waals surface area contributed by atoms with Crippen molar-refractivity contribution in [1.29, 1.82) is 0 Å². The number of amides is 1. The summed E-state index contributed by atoms with van der Waals surface area (Å²) in [5, 5.41) is 14.8. The number of carbonyl (C=O) groups is 1. The largest absolute Gasteiger partial charge is 0.361 e. The number of nitro benzene ring substituents is 1. The third-order valence-electron chi connectivity index (χ3n) is 4.02. The van der Waals surface area contributed by atoms with E-state index < -0.39 is 4.92 Å². The van der Waals surface area contributed by atoms with Crippen molar-refractivity contribution in [2.24, 2.45) is 0 Å². The zero-order valence-corrected chi connectivity index (χ0v) is 13.2. The molecule has 1 saturated heterocycles. The fourth-order valence-electron chi connectivity index (χ4n) is 2.89. The Morgan fingerprint density at radius 2 is 2.29 bits per heavy atom. The van der Waals surface area contributed by atoms with Gasteiger partial charge in [0.25, 0.3) is 5.69 Å². The number of hydrogen-bond acceptors (Lipinski definition) is 5. The summed E-state index contributed by atoms with van der Waals surface area (Å²) in [5.74, 6) is 0.584. The minimum absolute atomic E-state index is 0.00159. The number of benzene rings is 1. The van der Waals surface area contributed by atoms with Crippen LogP contribution in [0.25, 0.3) is 6.08 Å². The fourth-order valence-corrected chi connectivity index (χ4v) is 2.89. The van der Waals surface area contributed by atoms with Crippen molar-refractivity contribution in [2.75, 3.05) is 6.54 Å². The summed E-state index contributed by atoms with van der Waals surface area (Å²) < 4.78 is 5.10. The standard InChI is InChI=1S/C17H17N3O4/c1-12-10-15(18-24-12)16-6-3-9-19(16)17(21)8-7-13-4-2-5-14(11-13)20(22)23/h2,4-5,7-8,10-11,16H,3,6,9H2,1H3/b8-7-/t16-/m1/s1. The van der Waals surface area contributed by atoms with Gasteiger partial charge in [-0.15, -0.1) is 0 Å². The van der Waals surface area contributed by atoms with Crippen molar-refractivity contribution in [2.45, 2.75) is 25.8 Å². The molecule has 3 rings (SSSR count). The molecule has 0 radical (unpaired) electrons. The highest BCUT2D eigenvalue weighted by atomic mass is 16.6. The van der Waals surface area contributed by atoms with Gasteiger partial charge in [0.05, 0.1) is 11.0 Å². The Balaban J connectivity index is 1.74. The smallest absolute Gasteiger partial charge is 0.270 e. The van der Waals surface area contributed by atoms with Crippen LogP contribution >= 0.6 is 0 Å². The Hall–Kier alpha value is -2.96. The quantitative estimate of drug-likeness (QED) is 0.488. The van der Waals surface area contributed by atoms with Crippen LogP contribution in [-0.2, 0) is 4.79 Å². The molecule has 0 N–H and O–H groups in total. The Kier molecular flexibility index (Phi) is 4.41. The molecule has 0 unspecified atom stereocenters. The number of non-ortho nitro benzene ring substituents is 1. The number of aryl methyl sites for hydroxylation is 1. The van der Waals surface area contributed by atoms with Crippen molar-refractivity contribution in [3.63, 3.8) is 0 Å². The summed E-state index contributed by atoms with van der Waals surface area (Å²) in [6, 6.07) is 7.94. The molecule has 1 aromatic carbocycles. The lowest BCUT2D eigenvalue weighted by atomic mass is 10.1. The number of hydrogen-bond donors (Lipinski definition) is 0. The normalized spacial score (nSPS) is 17.5. The van der Waals surface area contributed by atoms with Crippen LogP contribution < -0.4 is 0 Å². The lowest BCUT2D eigenvalue weighted by Crippen LogP contribution is -2.29. The average molecular weight is 327 g/mol. The minimum atomic E-state index is -0.456. The van der Waals surface area contributed by atoms with Gasteiger partial charge in [-0.3, -0.25) is 14.9 Å². The van der Waals surface area contributed by atoms with E-state index in [0.717, 1.165) is 24.3 Å². The van der Waals surface area contributed by atoms with E-state index in [1.54, 1.807) is 23.1 Å². The molecule has 1 aromatic heterocycles. The second kappa shape index (κ2) is 6.66. The number of aromatic nitrogens is 1. The Morgan fingerprint density at radius 3 is 3.00 bits per heavy atom. The van der Waals surface area contributed by atoms with Gasteiger partial charge in [-0.2, -0.15) is 0 Å². The van der Waals surface area contributed by atoms with E-state index in [1.807, 2.05) is 13.0 Å². The van der Waals surface area contributed by atoms with Gasteiger partial charge in [0.1, 0.15) is 11.5 Å². The van der Waals surface area contributed by atoms with Gasteiger partial charge in [-0.05, 0) is 31.4 Å². The SMILES string of the molecule is Cc1cc([C@H]2CCCN2C(=O)/C=C\c2cccc([N+](=O)[O-])c2)no1. The van der Waals surface area contributed by atoms with Crippen LogP contribution in [-0.4, -0.2) is 27.4 Å². The molecule has 1 aliphatic rings. The predicted molar refractivity (Wildman–Crippen MR) is 87.1 cm³/mol. The molecule has 0 aliphatic carbocycles. The van der Waals surface area contributed by atoms with E-state index in [0.29, 0.717) is 12.1 Å². The molecule has 24 heavy (non-hydrogen) atoms. The lowest BCUT2D eigenvalue weighted by molar-refractivity contribution is -0.384. The van der Waals surface area contributed by atoms with Crippen molar-refractivity contribution >= 4 is 17.7 Å². The van der Waals surface area contributed by atoms with E-state index in [4.69, 9.17) is 4.52 Å². The van der Waals surface area contributed by atoms with Gasteiger partial charge in [0.2, 0.25) is 5.91 Å². The topological polar surface area (TPSA) is 89.5 Å². The Morgan fingerprint density at radius 1 is 1.46 bits per heavy atom. The molecule has 7 heteroatoms. The van der Waals surface area contributed by atoms with Crippen molar-refractivity contribution in [3.8, 4) is 0 Å². The van der Waals surface area contributed by atoms with Gasteiger partial charge in [-0.25, -0.2) is 0 Å². The number of nitrogens with zero attached hydrogens (tertiary/aromatic N) is 3. The first-order valence-corrected chi connectivity index (χ1v) is 7.71. The van der Waals surface area contributed by atoms with Crippen molar-refractivity contribution in [3.05, 3.63) is 63.5 Å². The minimum Gasteiger partial charge on any atom is -0.361 e. The van der Waals surface area contributed by atoms with E-state index in [1.165, 1.54) is 18.2 Å². The fraction of sp³-hybridized carbons (Fsp3) is 0.294. The van der Waals surface area contributed by atoms with Crippen LogP contribution in [0, 0.1) is 17.0 Å². The van der Waals surface area contributed by atoms with Crippen LogP contribution in [0.2, 0.25) is 0 Å². The van der Waals surface area contributed by atoms with E-state index in [9.17, 15) is 14.9 Å². The maximum Gasteiger partial charge on any atom is 0.270 e. The summed E-state index contributed by atoms with van der Waals surface area (Å²) in [6.07, 6.45) is 4.80. The molecule has 2 aromatic rings. The zero-order chi connectivity index (χ0) is 17.1. The van der Waals surface area contributed by atoms with Gasteiger partial charge in [0.15, 0.2) is 0 Å². The molecule has 1 amide bonds. The number of likely N-dealkylation sites (tertiary alicyclic amines) is 1. The summed E-state index contributed by atoms with van der Waals surface area (Å²) in [5.41, 5.74) is 1.38. The predicted octanol–water partition coefficient (Wildman–Crippen LogP) is 3.27. The molecular formula is C17H17N3O4. The number of rotatable bonds is 4. The third-order valence-corrected chi connectivity index (χ3v) is 4.02. The molecule has 1 atom stereocenters.